The summed E-state index contributed by atoms with van der Waals surface area (Å²) in [6.45, 7) is 10.2. The number of benzene rings is 1. The molecule has 0 spiro atoms. The Balaban J connectivity index is 1.82. The van der Waals surface area contributed by atoms with Crippen LogP contribution < -0.4 is 5.32 Å². The molecule has 1 aliphatic carbocycles. The monoisotopic (exact) mass is 292 g/mol. The quantitative estimate of drug-likeness (QED) is 0.914. The van der Waals surface area contributed by atoms with E-state index in [1.54, 1.807) is 0 Å². The van der Waals surface area contributed by atoms with Crippen LogP contribution in [-0.4, -0.2) is 29.1 Å². The van der Waals surface area contributed by atoms with Crippen molar-refractivity contribution in [3.05, 3.63) is 34.9 Å². The highest BCUT2D eigenvalue weighted by molar-refractivity contribution is 6.30. The number of nitrogens with zero attached hydrogens (tertiary/aromatic N) is 1. The van der Waals surface area contributed by atoms with Crippen LogP contribution in [0.2, 0.25) is 5.02 Å². The third-order valence-electron chi connectivity index (χ3n) is 4.95. The maximum atomic E-state index is 6.13. The normalized spacial score (nSPS) is 30.4. The number of hydrogen-bond acceptors (Lipinski definition) is 2. The molecule has 2 aliphatic rings. The summed E-state index contributed by atoms with van der Waals surface area (Å²) in [5.74, 6) is 0.852. The molecule has 0 bridgehead atoms. The summed E-state index contributed by atoms with van der Waals surface area (Å²) in [6, 6.07) is 8.30. The SMILES string of the molecule is CC1(C)CN(Cc2cccc(Cl)c2)C(C)(C2CC2)CN1. The Morgan fingerprint density at radius 2 is 2.05 bits per heavy atom. The molecule has 110 valence electrons. The van der Waals surface area contributed by atoms with Gasteiger partial charge >= 0.3 is 0 Å². The maximum absolute atomic E-state index is 6.13. The highest BCUT2D eigenvalue weighted by Crippen LogP contribution is 2.45. The molecule has 1 aromatic rings. The van der Waals surface area contributed by atoms with Crippen LogP contribution in [0.3, 0.4) is 0 Å². The van der Waals surface area contributed by atoms with Crippen LogP contribution in [-0.2, 0) is 6.54 Å². The molecule has 0 amide bonds. The van der Waals surface area contributed by atoms with Crippen LogP contribution in [0.25, 0.3) is 0 Å². The summed E-state index contributed by atoms with van der Waals surface area (Å²) in [6.07, 6.45) is 2.76. The molecule has 1 unspecified atom stereocenters. The van der Waals surface area contributed by atoms with E-state index in [0.717, 1.165) is 30.6 Å². The van der Waals surface area contributed by atoms with Crippen molar-refractivity contribution in [2.45, 2.75) is 51.2 Å². The van der Waals surface area contributed by atoms with Gasteiger partial charge in [0.05, 0.1) is 0 Å². The maximum Gasteiger partial charge on any atom is 0.0409 e. The molecule has 1 atom stereocenters. The summed E-state index contributed by atoms with van der Waals surface area (Å²) in [4.78, 5) is 2.67. The van der Waals surface area contributed by atoms with Crippen LogP contribution in [0.5, 0.6) is 0 Å². The zero-order valence-electron chi connectivity index (χ0n) is 12.7. The summed E-state index contributed by atoms with van der Waals surface area (Å²) in [5, 5.41) is 4.57. The second kappa shape index (κ2) is 5.01. The molecule has 1 saturated carbocycles. The van der Waals surface area contributed by atoms with Gasteiger partial charge in [0.25, 0.3) is 0 Å². The molecular weight excluding hydrogens is 268 g/mol. The fraction of sp³-hybridized carbons (Fsp3) is 0.647. The zero-order valence-corrected chi connectivity index (χ0v) is 13.5. The topological polar surface area (TPSA) is 15.3 Å². The first-order valence-electron chi connectivity index (χ1n) is 7.64. The van der Waals surface area contributed by atoms with Gasteiger partial charge in [0.2, 0.25) is 0 Å². The van der Waals surface area contributed by atoms with Crippen molar-refractivity contribution in [3.8, 4) is 0 Å². The van der Waals surface area contributed by atoms with Crippen LogP contribution in [0.4, 0.5) is 0 Å². The minimum atomic E-state index is 0.187. The largest absolute Gasteiger partial charge is 0.309 e. The van der Waals surface area contributed by atoms with E-state index in [1.165, 1.54) is 18.4 Å². The average Bonchev–Trinajstić information content (AvgIpc) is 3.18. The molecule has 1 aliphatic heterocycles. The van der Waals surface area contributed by atoms with Crippen molar-refractivity contribution < 1.29 is 0 Å². The molecular formula is C17H25ClN2. The van der Waals surface area contributed by atoms with E-state index >= 15 is 0 Å². The van der Waals surface area contributed by atoms with E-state index in [9.17, 15) is 0 Å². The van der Waals surface area contributed by atoms with Gasteiger partial charge in [-0.3, -0.25) is 4.90 Å². The zero-order chi connectivity index (χ0) is 14.4. The number of hydrogen-bond donors (Lipinski definition) is 1. The molecule has 20 heavy (non-hydrogen) atoms. The van der Waals surface area contributed by atoms with Gasteiger partial charge in [0, 0.05) is 35.7 Å². The van der Waals surface area contributed by atoms with Crippen molar-refractivity contribution in [2.24, 2.45) is 5.92 Å². The lowest BCUT2D eigenvalue weighted by Gasteiger charge is -2.52. The first-order chi connectivity index (χ1) is 9.39. The third-order valence-corrected chi connectivity index (χ3v) is 5.19. The third kappa shape index (κ3) is 2.88. The summed E-state index contributed by atoms with van der Waals surface area (Å²) >= 11 is 6.13. The van der Waals surface area contributed by atoms with E-state index in [0.29, 0.717) is 0 Å². The standard InChI is InChI=1S/C17H25ClN2/c1-16(2)12-20(10-13-5-4-6-15(18)9-13)17(3,11-19-16)14-7-8-14/h4-6,9,14,19H,7-8,10-12H2,1-3H3. The Kier molecular flexibility index (Phi) is 3.60. The van der Waals surface area contributed by atoms with Crippen LogP contribution in [0.15, 0.2) is 24.3 Å². The molecule has 1 heterocycles. The van der Waals surface area contributed by atoms with Crippen molar-refractivity contribution in [2.75, 3.05) is 13.1 Å². The molecule has 2 fully saturated rings. The van der Waals surface area contributed by atoms with Crippen LogP contribution in [0, 0.1) is 5.92 Å². The summed E-state index contributed by atoms with van der Waals surface area (Å²) < 4.78 is 0. The van der Waals surface area contributed by atoms with Gasteiger partial charge < -0.3 is 5.32 Å². The van der Waals surface area contributed by atoms with Crippen molar-refractivity contribution in [1.82, 2.24) is 10.2 Å². The van der Waals surface area contributed by atoms with Gasteiger partial charge in [-0.1, -0.05) is 23.7 Å². The molecule has 3 heteroatoms. The highest BCUT2D eigenvalue weighted by atomic mass is 35.5. The predicted octanol–water partition coefficient (Wildman–Crippen LogP) is 3.69. The summed E-state index contributed by atoms with van der Waals surface area (Å²) in [7, 11) is 0. The van der Waals surface area contributed by atoms with Crippen molar-refractivity contribution >= 4 is 11.6 Å². The average molecular weight is 293 g/mol. The van der Waals surface area contributed by atoms with Gasteiger partial charge in [0.15, 0.2) is 0 Å². The molecule has 0 radical (unpaired) electrons. The van der Waals surface area contributed by atoms with Gasteiger partial charge in [0.1, 0.15) is 0 Å². The van der Waals surface area contributed by atoms with E-state index in [4.69, 9.17) is 11.6 Å². The van der Waals surface area contributed by atoms with Crippen molar-refractivity contribution in [3.63, 3.8) is 0 Å². The minimum Gasteiger partial charge on any atom is -0.309 e. The van der Waals surface area contributed by atoms with E-state index < -0.39 is 0 Å². The fourth-order valence-corrected chi connectivity index (χ4v) is 3.66. The van der Waals surface area contributed by atoms with Crippen LogP contribution in [0.1, 0.15) is 39.2 Å². The van der Waals surface area contributed by atoms with E-state index in [-0.39, 0.29) is 11.1 Å². The molecule has 2 nitrogen and oxygen atoms in total. The first-order valence-corrected chi connectivity index (χ1v) is 8.01. The number of piperazine rings is 1. The number of rotatable bonds is 3. The van der Waals surface area contributed by atoms with Gasteiger partial charge in [-0.25, -0.2) is 0 Å². The second-order valence-corrected chi connectivity index (χ2v) is 7.79. The Hall–Kier alpha value is -0.570. The lowest BCUT2D eigenvalue weighted by atomic mass is 9.85. The fourth-order valence-electron chi connectivity index (χ4n) is 3.44. The first kappa shape index (κ1) is 14.4. The molecule has 0 aromatic heterocycles. The molecule has 1 aromatic carbocycles. The van der Waals surface area contributed by atoms with Gasteiger partial charge in [-0.2, -0.15) is 0 Å². The predicted molar refractivity (Wildman–Crippen MR) is 85.1 cm³/mol. The molecule has 3 rings (SSSR count). The number of halogens is 1. The van der Waals surface area contributed by atoms with E-state index in [2.05, 4.69) is 49.2 Å². The smallest absolute Gasteiger partial charge is 0.0409 e. The Bertz CT molecular complexity index is 496. The van der Waals surface area contributed by atoms with Crippen molar-refractivity contribution in [1.29, 1.82) is 0 Å². The summed E-state index contributed by atoms with van der Waals surface area (Å²) in [5.41, 5.74) is 1.80. The Labute approximate surface area is 127 Å². The Morgan fingerprint density at radius 3 is 2.70 bits per heavy atom. The Morgan fingerprint density at radius 1 is 1.30 bits per heavy atom. The molecule has 1 N–H and O–H groups in total. The van der Waals surface area contributed by atoms with Gasteiger partial charge in [-0.15, -0.1) is 0 Å². The highest BCUT2D eigenvalue weighted by Gasteiger charge is 2.49. The second-order valence-electron chi connectivity index (χ2n) is 7.35. The lowest BCUT2D eigenvalue weighted by Crippen LogP contribution is -2.67. The minimum absolute atomic E-state index is 0.187. The number of nitrogens with one attached hydrogen (secondary N) is 1. The van der Waals surface area contributed by atoms with Crippen LogP contribution >= 0.6 is 11.6 Å². The molecule has 1 saturated heterocycles. The lowest BCUT2D eigenvalue weighted by molar-refractivity contribution is 0.00521. The van der Waals surface area contributed by atoms with Gasteiger partial charge in [-0.05, 0) is 57.2 Å². The van der Waals surface area contributed by atoms with E-state index in [1.807, 2.05) is 6.07 Å².